The number of hydrogen-bond acceptors (Lipinski definition) is 2. The van der Waals surface area contributed by atoms with Crippen LogP contribution < -0.4 is 0 Å². The van der Waals surface area contributed by atoms with Crippen molar-refractivity contribution in [3.05, 3.63) is 58.7 Å². The second-order valence-corrected chi connectivity index (χ2v) is 9.98. The van der Waals surface area contributed by atoms with Crippen LogP contribution in [0.3, 0.4) is 0 Å². The molecule has 2 heteroatoms. The summed E-state index contributed by atoms with van der Waals surface area (Å²) in [6.07, 6.45) is 14.8. The average Bonchev–Trinajstić information content (AvgIpc) is 2.82. The van der Waals surface area contributed by atoms with E-state index in [2.05, 4.69) is 77.9 Å². The van der Waals surface area contributed by atoms with Gasteiger partial charge in [0.05, 0.1) is 22.8 Å². The molecule has 0 saturated carbocycles. The van der Waals surface area contributed by atoms with Gasteiger partial charge in [0, 0.05) is 0 Å². The molecule has 2 aromatic carbocycles. The highest BCUT2D eigenvalue weighted by atomic mass is 14.8. The molecule has 0 atom stereocenters. The van der Waals surface area contributed by atoms with E-state index in [1.54, 1.807) is 0 Å². The third-order valence-electron chi connectivity index (χ3n) is 6.88. The van der Waals surface area contributed by atoms with Gasteiger partial charge in [0.2, 0.25) is 0 Å². The smallest absolute Gasteiger partial charge is 0.0636 e. The van der Waals surface area contributed by atoms with E-state index >= 15 is 0 Å². The van der Waals surface area contributed by atoms with Crippen LogP contribution in [0.5, 0.6) is 0 Å². The largest absolute Gasteiger partial charge is 0.252 e. The fourth-order valence-corrected chi connectivity index (χ4v) is 4.22. The summed E-state index contributed by atoms with van der Waals surface area (Å²) in [5.41, 5.74) is 9.74. The summed E-state index contributed by atoms with van der Waals surface area (Å²) in [4.78, 5) is 10.4. The van der Waals surface area contributed by atoms with Gasteiger partial charge in [0.1, 0.15) is 0 Å². The Morgan fingerprint density at radius 2 is 0.882 bits per heavy atom. The third kappa shape index (κ3) is 9.95. The van der Waals surface area contributed by atoms with Gasteiger partial charge >= 0.3 is 0 Å². The normalized spacial score (nSPS) is 12.4. The molecule has 0 radical (unpaired) electrons. The molecule has 2 rings (SSSR count). The summed E-state index contributed by atoms with van der Waals surface area (Å²) in [6.45, 7) is 13.2. The van der Waals surface area contributed by atoms with Crippen molar-refractivity contribution < 1.29 is 0 Å². The molecule has 2 nitrogen and oxygen atoms in total. The second kappa shape index (κ2) is 15.6. The topological polar surface area (TPSA) is 24.7 Å². The Hall–Kier alpha value is -2.22. The maximum Gasteiger partial charge on any atom is 0.0636 e. The first kappa shape index (κ1) is 28.0. The number of aryl methyl sites for hydroxylation is 4. The van der Waals surface area contributed by atoms with Gasteiger partial charge in [-0.05, 0) is 99.9 Å². The van der Waals surface area contributed by atoms with Gasteiger partial charge in [0.25, 0.3) is 0 Å². The number of unbranched alkanes of at least 4 members (excludes halogenated alkanes) is 8. The Balaban J connectivity index is 2.35. The molecule has 34 heavy (non-hydrogen) atoms. The fourth-order valence-electron chi connectivity index (χ4n) is 4.22. The predicted molar refractivity (Wildman–Crippen MR) is 153 cm³/mol. The van der Waals surface area contributed by atoms with Crippen molar-refractivity contribution in [3.8, 4) is 0 Å². The molecule has 0 fully saturated rings. The molecular formula is C32H48N2. The van der Waals surface area contributed by atoms with Crippen molar-refractivity contribution in [2.24, 2.45) is 9.98 Å². The minimum absolute atomic E-state index is 1.01. The third-order valence-corrected chi connectivity index (χ3v) is 6.88. The zero-order valence-corrected chi connectivity index (χ0v) is 22.8. The van der Waals surface area contributed by atoms with Crippen molar-refractivity contribution in [2.45, 2.75) is 119 Å². The predicted octanol–water partition coefficient (Wildman–Crippen LogP) is 10.5. The molecule has 0 aliphatic heterocycles. The second-order valence-electron chi connectivity index (χ2n) is 9.98. The summed E-state index contributed by atoms with van der Waals surface area (Å²) in [6, 6.07) is 13.1. The van der Waals surface area contributed by atoms with Crippen molar-refractivity contribution in [2.75, 3.05) is 0 Å². The number of benzene rings is 2. The molecular weight excluding hydrogens is 412 g/mol. The van der Waals surface area contributed by atoms with E-state index in [1.807, 2.05) is 0 Å². The lowest BCUT2D eigenvalue weighted by molar-refractivity contribution is 0.616. The Bertz CT molecular complexity index is 936. The van der Waals surface area contributed by atoms with E-state index in [9.17, 15) is 0 Å². The van der Waals surface area contributed by atoms with Crippen molar-refractivity contribution >= 4 is 22.8 Å². The van der Waals surface area contributed by atoms with Crippen molar-refractivity contribution in [1.29, 1.82) is 0 Å². The van der Waals surface area contributed by atoms with Crippen LogP contribution in [0.4, 0.5) is 11.4 Å². The lowest BCUT2D eigenvalue weighted by atomic mass is 10.00. The summed E-state index contributed by atoms with van der Waals surface area (Å²) >= 11 is 0. The van der Waals surface area contributed by atoms with E-state index < -0.39 is 0 Å². The lowest BCUT2D eigenvalue weighted by Gasteiger charge is -2.13. The van der Waals surface area contributed by atoms with Gasteiger partial charge in [-0.1, -0.05) is 77.3 Å². The minimum atomic E-state index is 1.01. The van der Waals surface area contributed by atoms with Gasteiger partial charge in [-0.25, -0.2) is 0 Å². The van der Waals surface area contributed by atoms with Crippen LogP contribution in [0.25, 0.3) is 0 Å². The van der Waals surface area contributed by atoms with Crippen LogP contribution in [0, 0.1) is 27.7 Å². The standard InChI is InChI=1S/C32H48N2/c1-7-9-11-13-14-16-18-32(34-30-22-20-26(4)28(6)24-30)31(17-15-12-10-8-2)33-29-21-19-25(3)27(5)23-29/h19-24H,7-18H2,1-6H3. The summed E-state index contributed by atoms with van der Waals surface area (Å²) in [5.74, 6) is 0. The molecule has 0 N–H and O–H groups in total. The van der Waals surface area contributed by atoms with Crippen LogP contribution in [-0.2, 0) is 0 Å². The first-order chi connectivity index (χ1) is 16.4. The zero-order chi connectivity index (χ0) is 24.8. The Morgan fingerprint density at radius 1 is 0.500 bits per heavy atom. The molecule has 0 saturated heterocycles. The Kier molecular flexibility index (Phi) is 12.9. The molecule has 0 aliphatic rings. The van der Waals surface area contributed by atoms with E-state index in [-0.39, 0.29) is 0 Å². The van der Waals surface area contributed by atoms with Gasteiger partial charge in [-0.2, -0.15) is 0 Å². The van der Waals surface area contributed by atoms with Crippen LogP contribution in [0.1, 0.15) is 113 Å². The molecule has 0 amide bonds. The number of rotatable bonds is 15. The highest BCUT2D eigenvalue weighted by molar-refractivity contribution is 6.43. The number of hydrogen-bond donors (Lipinski definition) is 0. The highest BCUT2D eigenvalue weighted by Crippen LogP contribution is 2.23. The number of nitrogens with zero attached hydrogens (tertiary/aromatic N) is 2. The first-order valence-electron chi connectivity index (χ1n) is 13.7. The Morgan fingerprint density at radius 3 is 1.29 bits per heavy atom. The summed E-state index contributed by atoms with van der Waals surface area (Å²) in [7, 11) is 0. The van der Waals surface area contributed by atoms with Crippen LogP contribution in [0.2, 0.25) is 0 Å². The molecule has 0 bridgehead atoms. The molecule has 0 aliphatic carbocycles. The van der Waals surface area contributed by atoms with Gasteiger partial charge in [0.15, 0.2) is 0 Å². The van der Waals surface area contributed by atoms with Crippen LogP contribution >= 0.6 is 0 Å². The molecule has 0 heterocycles. The maximum absolute atomic E-state index is 5.22. The fraction of sp³-hybridized carbons (Fsp3) is 0.562. The average molecular weight is 461 g/mol. The number of aliphatic imine (C=N–C) groups is 2. The van der Waals surface area contributed by atoms with E-state index in [4.69, 9.17) is 9.98 Å². The molecule has 186 valence electrons. The molecule has 2 aromatic rings. The molecule has 0 unspecified atom stereocenters. The summed E-state index contributed by atoms with van der Waals surface area (Å²) < 4.78 is 0. The first-order valence-corrected chi connectivity index (χ1v) is 13.7. The zero-order valence-electron chi connectivity index (χ0n) is 22.8. The van der Waals surface area contributed by atoms with Crippen LogP contribution in [-0.4, -0.2) is 11.4 Å². The van der Waals surface area contributed by atoms with E-state index in [1.165, 1.54) is 97.9 Å². The van der Waals surface area contributed by atoms with Gasteiger partial charge in [-0.3, -0.25) is 9.98 Å². The Labute approximate surface area is 210 Å². The lowest BCUT2D eigenvalue weighted by Crippen LogP contribution is -2.14. The molecule has 0 spiro atoms. The van der Waals surface area contributed by atoms with E-state index in [0.29, 0.717) is 0 Å². The van der Waals surface area contributed by atoms with Gasteiger partial charge in [-0.15, -0.1) is 0 Å². The van der Waals surface area contributed by atoms with Crippen molar-refractivity contribution in [3.63, 3.8) is 0 Å². The molecule has 0 aromatic heterocycles. The van der Waals surface area contributed by atoms with Gasteiger partial charge < -0.3 is 0 Å². The van der Waals surface area contributed by atoms with E-state index in [0.717, 1.165) is 24.2 Å². The summed E-state index contributed by atoms with van der Waals surface area (Å²) in [5, 5.41) is 0. The van der Waals surface area contributed by atoms with Crippen LogP contribution in [0.15, 0.2) is 46.4 Å². The maximum atomic E-state index is 5.22. The quantitative estimate of drug-likeness (QED) is 0.186. The monoisotopic (exact) mass is 460 g/mol. The van der Waals surface area contributed by atoms with Crippen molar-refractivity contribution in [1.82, 2.24) is 0 Å². The SMILES string of the molecule is CCCCCCCCC(=Nc1ccc(C)c(C)c1)C(CCCCCC)=Nc1ccc(C)c(C)c1. The highest BCUT2D eigenvalue weighted by Gasteiger charge is 2.12. The minimum Gasteiger partial charge on any atom is -0.252 e.